The van der Waals surface area contributed by atoms with Crippen LogP contribution in [0.2, 0.25) is 0 Å². The van der Waals surface area contributed by atoms with Gasteiger partial charge >= 0.3 is 0 Å². The quantitative estimate of drug-likeness (QED) is 0.813. The summed E-state index contributed by atoms with van der Waals surface area (Å²) in [5.74, 6) is -1.45. The van der Waals surface area contributed by atoms with Gasteiger partial charge in [-0.25, -0.2) is 8.78 Å². The molecule has 20 heavy (non-hydrogen) atoms. The molecule has 1 atom stereocenters. The molecule has 0 fully saturated rings. The van der Waals surface area contributed by atoms with E-state index in [2.05, 4.69) is 4.98 Å². The molecule has 0 spiro atoms. The van der Waals surface area contributed by atoms with Crippen molar-refractivity contribution >= 4 is 0 Å². The average molecular weight is 279 g/mol. The molecule has 0 amide bonds. The van der Waals surface area contributed by atoms with Crippen LogP contribution in [-0.2, 0) is 16.1 Å². The van der Waals surface area contributed by atoms with Gasteiger partial charge < -0.3 is 9.47 Å². The zero-order valence-corrected chi connectivity index (χ0v) is 11.1. The van der Waals surface area contributed by atoms with Gasteiger partial charge in [0.2, 0.25) is 0 Å². The van der Waals surface area contributed by atoms with E-state index in [1.165, 1.54) is 7.11 Å². The van der Waals surface area contributed by atoms with E-state index >= 15 is 0 Å². The maximum absolute atomic E-state index is 13.6. The lowest BCUT2D eigenvalue weighted by molar-refractivity contribution is -0.00318. The number of nitrogens with zero attached hydrogens (tertiary/aromatic N) is 1. The van der Waals surface area contributed by atoms with E-state index in [9.17, 15) is 8.78 Å². The monoisotopic (exact) mass is 279 g/mol. The summed E-state index contributed by atoms with van der Waals surface area (Å²) in [5, 5.41) is 0. The molecule has 1 aromatic carbocycles. The molecule has 106 valence electrons. The maximum atomic E-state index is 13.6. The highest BCUT2D eigenvalue weighted by molar-refractivity contribution is 5.14. The largest absolute Gasteiger partial charge is 0.374 e. The molecule has 0 aliphatic heterocycles. The van der Waals surface area contributed by atoms with E-state index in [1.807, 2.05) is 30.3 Å². The lowest BCUT2D eigenvalue weighted by Gasteiger charge is -2.15. The Hall–Kier alpha value is -1.85. The first-order valence-corrected chi connectivity index (χ1v) is 6.16. The number of methoxy groups -OCH3 is 1. The van der Waals surface area contributed by atoms with Crippen LogP contribution in [0.5, 0.6) is 0 Å². The summed E-state index contributed by atoms with van der Waals surface area (Å²) in [4.78, 5) is 3.72. The molecule has 0 saturated heterocycles. The first-order chi connectivity index (χ1) is 9.70. The van der Waals surface area contributed by atoms with Gasteiger partial charge in [-0.15, -0.1) is 0 Å². The molecular weight excluding hydrogens is 264 g/mol. The van der Waals surface area contributed by atoms with Crippen LogP contribution in [0, 0.1) is 11.6 Å². The molecule has 1 heterocycles. The van der Waals surface area contributed by atoms with E-state index in [-0.39, 0.29) is 12.3 Å². The van der Waals surface area contributed by atoms with Crippen LogP contribution >= 0.6 is 0 Å². The van der Waals surface area contributed by atoms with Gasteiger partial charge in [0.1, 0.15) is 23.4 Å². The first-order valence-electron chi connectivity index (χ1n) is 6.16. The van der Waals surface area contributed by atoms with Crippen LogP contribution in [0.3, 0.4) is 0 Å². The summed E-state index contributed by atoms with van der Waals surface area (Å²) in [6.45, 7) is 0.532. The second kappa shape index (κ2) is 7.07. The van der Waals surface area contributed by atoms with Crippen LogP contribution in [0.25, 0.3) is 0 Å². The molecule has 2 rings (SSSR count). The van der Waals surface area contributed by atoms with Gasteiger partial charge in [-0.1, -0.05) is 30.3 Å². The number of halogens is 2. The van der Waals surface area contributed by atoms with Crippen molar-refractivity contribution in [2.75, 3.05) is 13.7 Å². The van der Waals surface area contributed by atoms with E-state index in [1.54, 1.807) is 0 Å². The smallest absolute Gasteiger partial charge is 0.150 e. The van der Waals surface area contributed by atoms with Crippen molar-refractivity contribution in [2.45, 2.75) is 12.7 Å². The third-order valence-corrected chi connectivity index (χ3v) is 2.81. The Morgan fingerprint density at radius 3 is 2.60 bits per heavy atom. The topological polar surface area (TPSA) is 31.4 Å². The summed E-state index contributed by atoms with van der Waals surface area (Å²) >= 11 is 0. The SMILES string of the molecule is COC(COCc1ccccc1)c1ncc(F)cc1F. The summed E-state index contributed by atoms with van der Waals surface area (Å²) in [6, 6.07) is 10.4. The third-order valence-electron chi connectivity index (χ3n) is 2.81. The van der Waals surface area contributed by atoms with Crippen molar-refractivity contribution in [1.29, 1.82) is 0 Å². The zero-order chi connectivity index (χ0) is 14.4. The summed E-state index contributed by atoms with van der Waals surface area (Å²) in [7, 11) is 1.43. The Morgan fingerprint density at radius 2 is 1.95 bits per heavy atom. The maximum Gasteiger partial charge on any atom is 0.150 e. The number of hydrogen-bond acceptors (Lipinski definition) is 3. The minimum Gasteiger partial charge on any atom is -0.374 e. The Morgan fingerprint density at radius 1 is 1.20 bits per heavy atom. The van der Waals surface area contributed by atoms with Gasteiger partial charge in [0, 0.05) is 13.2 Å². The van der Waals surface area contributed by atoms with E-state index in [4.69, 9.17) is 9.47 Å². The fourth-order valence-corrected chi connectivity index (χ4v) is 1.78. The number of aromatic nitrogens is 1. The number of ether oxygens (including phenoxy) is 2. The van der Waals surface area contributed by atoms with Gasteiger partial charge in [-0.05, 0) is 5.56 Å². The highest BCUT2D eigenvalue weighted by atomic mass is 19.1. The molecular formula is C15H15F2NO2. The number of pyridine rings is 1. The molecule has 5 heteroatoms. The van der Waals surface area contributed by atoms with E-state index in [0.29, 0.717) is 6.61 Å². The van der Waals surface area contributed by atoms with Crippen LogP contribution in [0.15, 0.2) is 42.6 Å². The zero-order valence-electron chi connectivity index (χ0n) is 11.1. The van der Waals surface area contributed by atoms with Crippen molar-refractivity contribution in [3.63, 3.8) is 0 Å². The molecule has 0 radical (unpaired) electrons. The standard InChI is InChI=1S/C15H15F2NO2/c1-19-14(15-13(17)7-12(16)8-18-15)10-20-9-11-5-3-2-4-6-11/h2-8,14H,9-10H2,1H3. The third kappa shape index (κ3) is 3.82. The van der Waals surface area contributed by atoms with Crippen LogP contribution in [0.1, 0.15) is 17.4 Å². The van der Waals surface area contributed by atoms with Gasteiger partial charge in [0.15, 0.2) is 0 Å². The Kier molecular flexibility index (Phi) is 5.15. The lowest BCUT2D eigenvalue weighted by Crippen LogP contribution is -2.13. The predicted molar refractivity (Wildman–Crippen MR) is 70.0 cm³/mol. The number of rotatable bonds is 6. The second-order valence-electron chi connectivity index (χ2n) is 4.25. The lowest BCUT2D eigenvalue weighted by atomic mass is 10.2. The van der Waals surface area contributed by atoms with Gasteiger partial charge in [0.25, 0.3) is 0 Å². The van der Waals surface area contributed by atoms with Crippen molar-refractivity contribution in [3.8, 4) is 0 Å². The molecule has 0 aliphatic rings. The Labute approximate surface area is 116 Å². The highest BCUT2D eigenvalue weighted by Crippen LogP contribution is 2.19. The predicted octanol–water partition coefficient (Wildman–Crippen LogP) is 3.26. The minimum atomic E-state index is -0.736. The van der Waals surface area contributed by atoms with Gasteiger partial charge in [-0.2, -0.15) is 0 Å². The second-order valence-corrected chi connectivity index (χ2v) is 4.25. The molecule has 1 unspecified atom stereocenters. The van der Waals surface area contributed by atoms with Gasteiger partial charge in [0.05, 0.1) is 19.4 Å². The number of hydrogen-bond donors (Lipinski definition) is 0. The van der Waals surface area contributed by atoms with Crippen LogP contribution in [-0.4, -0.2) is 18.7 Å². The first kappa shape index (κ1) is 14.6. The average Bonchev–Trinajstić information content (AvgIpc) is 2.46. The van der Waals surface area contributed by atoms with E-state index < -0.39 is 17.7 Å². The molecule has 3 nitrogen and oxygen atoms in total. The number of benzene rings is 1. The Bertz CT molecular complexity index is 549. The molecule has 1 aromatic heterocycles. The molecule has 0 aliphatic carbocycles. The van der Waals surface area contributed by atoms with Crippen LogP contribution in [0.4, 0.5) is 8.78 Å². The van der Waals surface area contributed by atoms with Crippen molar-refractivity contribution in [1.82, 2.24) is 4.98 Å². The molecule has 0 N–H and O–H groups in total. The van der Waals surface area contributed by atoms with Crippen molar-refractivity contribution < 1.29 is 18.3 Å². The summed E-state index contributed by atoms with van der Waals surface area (Å²) in [5.41, 5.74) is 1.05. The van der Waals surface area contributed by atoms with Gasteiger partial charge in [-0.3, -0.25) is 4.98 Å². The fraction of sp³-hybridized carbons (Fsp3) is 0.267. The van der Waals surface area contributed by atoms with E-state index in [0.717, 1.165) is 17.8 Å². The van der Waals surface area contributed by atoms with Crippen molar-refractivity contribution in [3.05, 3.63) is 65.5 Å². The highest BCUT2D eigenvalue weighted by Gasteiger charge is 2.17. The molecule has 2 aromatic rings. The van der Waals surface area contributed by atoms with Crippen LogP contribution < -0.4 is 0 Å². The summed E-state index contributed by atoms with van der Waals surface area (Å²) < 4.78 is 37.0. The summed E-state index contributed by atoms with van der Waals surface area (Å²) in [6.07, 6.45) is 0.293. The minimum absolute atomic E-state index is 0.0435. The van der Waals surface area contributed by atoms with Crippen molar-refractivity contribution in [2.24, 2.45) is 0 Å². The fourth-order valence-electron chi connectivity index (χ4n) is 1.78. The molecule has 0 bridgehead atoms. The normalized spacial score (nSPS) is 12.3. The Balaban J connectivity index is 1.95. The molecule has 0 saturated carbocycles.